The number of hydrogen-bond acceptors (Lipinski definition) is 2. The van der Waals surface area contributed by atoms with E-state index >= 15 is 0 Å². The number of alkyl halides is 3. The summed E-state index contributed by atoms with van der Waals surface area (Å²) in [7, 11) is 0. The molecule has 1 aromatic rings. The molecule has 1 aromatic carbocycles. The van der Waals surface area contributed by atoms with Crippen molar-refractivity contribution >= 4 is 17.6 Å². The minimum atomic E-state index is -4.35. The van der Waals surface area contributed by atoms with Gasteiger partial charge >= 0.3 is 12.2 Å². The Balaban J connectivity index is 2.13. The molecule has 150 valence electrons. The summed E-state index contributed by atoms with van der Waals surface area (Å²) >= 11 is 0. The molecule has 1 fully saturated rings. The van der Waals surface area contributed by atoms with Crippen molar-refractivity contribution in [3.63, 3.8) is 0 Å². The van der Waals surface area contributed by atoms with Crippen molar-refractivity contribution < 1.29 is 22.8 Å². The quantitative estimate of drug-likeness (QED) is 0.814. The molecule has 8 heteroatoms. The smallest absolute Gasteiger partial charge is 0.350 e. The molecule has 1 aliphatic heterocycles. The van der Waals surface area contributed by atoms with Gasteiger partial charge in [-0.05, 0) is 64.8 Å². The van der Waals surface area contributed by atoms with Crippen LogP contribution in [0.15, 0.2) is 18.2 Å². The van der Waals surface area contributed by atoms with Crippen LogP contribution in [0.5, 0.6) is 0 Å². The van der Waals surface area contributed by atoms with Crippen molar-refractivity contribution in [3.8, 4) is 0 Å². The third kappa shape index (κ3) is 4.54. The van der Waals surface area contributed by atoms with Gasteiger partial charge in [0, 0.05) is 23.8 Å². The van der Waals surface area contributed by atoms with Crippen molar-refractivity contribution in [1.82, 2.24) is 10.2 Å². The molecule has 1 heterocycles. The van der Waals surface area contributed by atoms with E-state index in [2.05, 4.69) is 10.6 Å². The summed E-state index contributed by atoms with van der Waals surface area (Å²) in [5, 5.41) is 5.44. The SMILES string of the molecule is Cc1cc(NC(=O)N2CC[C@@H](C(F)(F)F)C2(C)C)ccc1C(=O)NC(C)C. The van der Waals surface area contributed by atoms with E-state index in [1.54, 1.807) is 25.1 Å². The van der Waals surface area contributed by atoms with Gasteiger partial charge in [0.15, 0.2) is 0 Å². The Morgan fingerprint density at radius 2 is 1.89 bits per heavy atom. The normalized spacial score (nSPS) is 19.3. The van der Waals surface area contributed by atoms with Crippen LogP contribution in [0.3, 0.4) is 0 Å². The van der Waals surface area contributed by atoms with Crippen LogP contribution in [0.1, 0.15) is 50.0 Å². The summed E-state index contributed by atoms with van der Waals surface area (Å²) in [5.41, 5.74) is 0.263. The minimum absolute atomic E-state index is 0.00439. The highest BCUT2D eigenvalue weighted by Crippen LogP contribution is 2.44. The van der Waals surface area contributed by atoms with Crippen LogP contribution in [0, 0.1) is 12.8 Å². The average molecular weight is 385 g/mol. The van der Waals surface area contributed by atoms with E-state index in [4.69, 9.17) is 0 Å². The molecule has 0 unspecified atom stereocenters. The highest BCUT2D eigenvalue weighted by molar-refractivity contribution is 5.97. The van der Waals surface area contributed by atoms with Gasteiger partial charge < -0.3 is 15.5 Å². The van der Waals surface area contributed by atoms with Crippen LogP contribution in [0.4, 0.5) is 23.7 Å². The van der Waals surface area contributed by atoms with Gasteiger partial charge in [0.2, 0.25) is 0 Å². The van der Waals surface area contributed by atoms with Gasteiger partial charge in [0.25, 0.3) is 5.91 Å². The van der Waals surface area contributed by atoms with Crippen LogP contribution in [-0.2, 0) is 0 Å². The molecule has 0 radical (unpaired) electrons. The first-order chi connectivity index (χ1) is 12.3. The summed E-state index contributed by atoms with van der Waals surface area (Å²) in [6, 6.07) is 4.22. The number of carbonyl (C=O) groups is 2. The van der Waals surface area contributed by atoms with Crippen LogP contribution in [0.25, 0.3) is 0 Å². The Bertz CT molecular complexity index is 729. The second kappa shape index (κ2) is 7.40. The third-order valence-electron chi connectivity index (χ3n) is 4.97. The second-order valence-electron chi connectivity index (χ2n) is 7.78. The molecule has 0 bridgehead atoms. The molecular weight excluding hydrogens is 359 g/mol. The monoisotopic (exact) mass is 385 g/mol. The maximum absolute atomic E-state index is 13.2. The topological polar surface area (TPSA) is 61.4 Å². The van der Waals surface area contributed by atoms with E-state index in [1.807, 2.05) is 13.8 Å². The minimum Gasteiger partial charge on any atom is -0.350 e. The lowest BCUT2D eigenvalue weighted by Crippen LogP contribution is -2.51. The fraction of sp³-hybridized carbons (Fsp3) is 0.579. The fourth-order valence-electron chi connectivity index (χ4n) is 3.54. The van der Waals surface area contributed by atoms with E-state index in [0.29, 0.717) is 16.8 Å². The van der Waals surface area contributed by atoms with E-state index in [-0.39, 0.29) is 24.9 Å². The van der Waals surface area contributed by atoms with E-state index in [1.165, 1.54) is 18.7 Å². The Morgan fingerprint density at radius 3 is 2.37 bits per heavy atom. The maximum atomic E-state index is 13.2. The molecular formula is C19H26F3N3O2. The van der Waals surface area contributed by atoms with E-state index in [9.17, 15) is 22.8 Å². The predicted octanol–water partition coefficient (Wildman–Crippen LogP) is 4.33. The number of anilines is 1. The molecule has 1 aliphatic rings. The highest BCUT2D eigenvalue weighted by atomic mass is 19.4. The first kappa shape index (κ1) is 21.1. The van der Waals surface area contributed by atoms with Crippen LogP contribution >= 0.6 is 0 Å². The molecule has 2 N–H and O–H groups in total. The van der Waals surface area contributed by atoms with E-state index in [0.717, 1.165) is 0 Å². The molecule has 1 saturated heterocycles. The van der Waals surface area contributed by atoms with Gasteiger partial charge in [-0.15, -0.1) is 0 Å². The van der Waals surface area contributed by atoms with Crippen molar-refractivity contribution in [1.29, 1.82) is 0 Å². The molecule has 2 rings (SSSR count). The number of hydrogen-bond donors (Lipinski definition) is 2. The number of likely N-dealkylation sites (tertiary alicyclic amines) is 1. The standard InChI is InChI=1S/C19H26F3N3O2/c1-11(2)23-16(26)14-7-6-13(10-12(14)3)24-17(27)25-9-8-15(18(25,4)5)19(20,21)22/h6-7,10-11,15H,8-9H2,1-5H3,(H,23,26)(H,24,27)/t15-/m1/s1. The number of urea groups is 1. The van der Waals surface area contributed by atoms with E-state index < -0.39 is 23.7 Å². The lowest BCUT2D eigenvalue weighted by Gasteiger charge is -2.36. The third-order valence-corrected chi connectivity index (χ3v) is 4.97. The van der Waals surface area contributed by atoms with Gasteiger partial charge in [-0.1, -0.05) is 0 Å². The zero-order valence-electron chi connectivity index (χ0n) is 16.2. The first-order valence-corrected chi connectivity index (χ1v) is 8.91. The number of amides is 3. The molecule has 0 aromatic heterocycles. The summed E-state index contributed by atoms with van der Waals surface area (Å²) in [6.45, 7) is 8.35. The van der Waals surface area contributed by atoms with Gasteiger partial charge in [0.05, 0.1) is 11.5 Å². The number of benzene rings is 1. The summed E-state index contributed by atoms with van der Waals surface area (Å²) in [6.07, 6.45) is -4.46. The molecule has 3 amide bonds. The lowest BCUT2D eigenvalue weighted by molar-refractivity contribution is -0.189. The highest BCUT2D eigenvalue weighted by Gasteiger charge is 2.56. The van der Waals surface area contributed by atoms with Crippen molar-refractivity contribution in [2.45, 2.75) is 58.8 Å². The average Bonchev–Trinajstić information content (AvgIpc) is 2.81. The zero-order valence-corrected chi connectivity index (χ0v) is 16.2. The van der Waals surface area contributed by atoms with Gasteiger partial charge in [0.1, 0.15) is 0 Å². The van der Waals surface area contributed by atoms with Crippen molar-refractivity contribution in [3.05, 3.63) is 29.3 Å². The maximum Gasteiger partial charge on any atom is 0.394 e. The van der Waals surface area contributed by atoms with Gasteiger partial charge in [-0.3, -0.25) is 4.79 Å². The largest absolute Gasteiger partial charge is 0.394 e. The summed E-state index contributed by atoms with van der Waals surface area (Å²) < 4.78 is 39.6. The molecule has 27 heavy (non-hydrogen) atoms. The number of carbonyl (C=O) groups excluding carboxylic acids is 2. The molecule has 0 spiro atoms. The number of halogens is 3. The molecule has 0 saturated carbocycles. The summed E-state index contributed by atoms with van der Waals surface area (Å²) in [4.78, 5) is 25.9. The van der Waals surface area contributed by atoms with Gasteiger partial charge in [-0.25, -0.2) is 4.79 Å². The van der Waals surface area contributed by atoms with Crippen molar-refractivity contribution in [2.24, 2.45) is 5.92 Å². The number of nitrogens with one attached hydrogen (secondary N) is 2. The van der Waals surface area contributed by atoms with Crippen molar-refractivity contribution in [2.75, 3.05) is 11.9 Å². The zero-order chi connectivity index (χ0) is 20.6. The Labute approximate surface area is 157 Å². The first-order valence-electron chi connectivity index (χ1n) is 8.91. The fourth-order valence-corrected chi connectivity index (χ4v) is 3.54. The second-order valence-corrected chi connectivity index (χ2v) is 7.78. The predicted molar refractivity (Wildman–Crippen MR) is 97.7 cm³/mol. The lowest BCUT2D eigenvalue weighted by atomic mass is 9.88. The Morgan fingerprint density at radius 1 is 1.26 bits per heavy atom. The number of aryl methyl sites for hydroxylation is 1. The number of rotatable bonds is 3. The summed E-state index contributed by atoms with van der Waals surface area (Å²) in [5.74, 6) is -1.77. The Hall–Kier alpha value is -2.25. The number of nitrogens with zero attached hydrogens (tertiary/aromatic N) is 1. The van der Waals surface area contributed by atoms with Gasteiger partial charge in [-0.2, -0.15) is 13.2 Å². The van der Waals surface area contributed by atoms with Crippen LogP contribution < -0.4 is 10.6 Å². The Kier molecular flexibility index (Phi) is 5.77. The van der Waals surface area contributed by atoms with Crippen LogP contribution in [0.2, 0.25) is 0 Å². The molecule has 0 aliphatic carbocycles. The molecule has 5 nitrogen and oxygen atoms in total. The van der Waals surface area contributed by atoms with Crippen LogP contribution in [-0.4, -0.2) is 41.1 Å². The molecule has 1 atom stereocenters.